The van der Waals surface area contributed by atoms with Crippen molar-refractivity contribution in [2.24, 2.45) is 7.05 Å². The van der Waals surface area contributed by atoms with Crippen LogP contribution in [-0.2, 0) is 23.0 Å². The molecule has 0 radical (unpaired) electrons. The van der Waals surface area contributed by atoms with E-state index < -0.39 is 0 Å². The number of nitrogens with one attached hydrogen (secondary N) is 1. The smallest absolute Gasteiger partial charge is 0.273 e. The summed E-state index contributed by atoms with van der Waals surface area (Å²) in [5.41, 5.74) is 2.93. The fourth-order valence-corrected chi connectivity index (χ4v) is 3.26. The Labute approximate surface area is 134 Å². The first-order valence-electron chi connectivity index (χ1n) is 7.82. The summed E-state index contributed by atoms with van der Waals surface area (Å²) in [5, 5.41) is 3.29. The highest BCUT2D eigenvalue weighted by Gasteiger charge is 2.25. The molecule has 1 aliphatic heterocycles. The molecule has 1 N–H and O–H groups in total. The van der Waals surface area contributed by atoms with Crippen LogP contribution in [0.1, 0.15) is 23.7 Å². The molecule has 0 saturated carbocycles. The lowest BCUT2D eigenvalue weighted by Crippen LogP contribution is -2.47. The van der Waals surface area contributed by atoms with Gasteiger partial charge in [0.25, 0.3) is 5.56 Å². The zero-order valence-corrected chi connectivity index (χ0v) is 14.0. The number of aromatic nitrogens is 3. The highest BCUT2D eigenvalue weighted by atomic mass is 16.5. The number of aryl methyl sites for hydroxylation is 3. The molecule has 1 saturated heterocycles. The highest BCUT2D eigenvalue weighted by molar-refractivity contribution is 5.84. The van der Waals surface area contributed by atoms with Crippen molar-refractivity contribution in [2.75, 3.05) is 19.8 Å². The van der Waals surface area contributed by atoms with Crippen LogP contribution < -0.4 is 5.56 Å². The molecule has 1 unspecified atom stereocenters. The first-order valence-corrected chi connectivity index (χ1v) is 7.82. The average molecular weight is 318 g/mol. The lowest BCUT2D eigenvalue weighted by Gasteiger charge is -2.33. The van der Waals surface area contributed by atoms with Gasteiger partial charge in [-0.05, 0) is 31.9 Å². The molecule has 0 aromatic carbocycles. The zero-order valence-electron chi connectivity index (χ0n) is 14.0. The summed E-state index contributed by atoms with van der Waals surface area (Å²) in [4.78, 5) is 31.1. The summed E-state index contributed by atoms with van der Waals surface area (Å²) < 4.78 is 7.00. The number of aromatic amines is 1. The van der Waals surface area contributed by atoms with Gasteiger partial charge in [0.15, 0.2) is 5.65 Å². The number of pyridine rings is 1. The summed E-state index contributed by atoms with van der Waals surface area (Å²) in [6.07, 6.45) is 0.263. The van der Waals surface area contributed by atoms with Crippen LogP contribution in [0.15, 0.2) is 4.79 Å². The number of carbonyl (C=O) groups is 1. The molecule has 1 amide bonds. The average Bonchev–Trinajstić information content (AvgIpc) is 2.78. The second-order valence-electron chi connectivity index (χ2n) is 6.19. The number of rotatable bonds is 2. The van der Waals surface area contributed by atoms with Crippen molar-refractivity contribution in [2.45, 2.75) is 33.2 Å². The lowest BCUT2D eigenvalue weighted by molar-refractivity contribution is -0.138. The molecule has 7 heteroatoms. The molecule has 2 aromatic rings. The molecule has 124 valence electrons. The van der Waals surface area contributed by atoms with Crippen LogP contribution in [0.2, 0.25) is 0 Å². The van der Waals surface area contributed by atoms with Gasteiger partial charge in [-0.3, -0.25) is 19.4 Å². The van der Waals surface area contributed by atoms with Gasteiger partial charge in [-0.2, -0.15) is 0 Å². The van der Waals surface area contributed by atoms with E-state index in [1.807, 2.05) is 25.7 Å². The minimum Gasteiger partial charge on any atom is -0.377 e. The maximum Gasteiger partial charge on any atom is 0.273 e. The van der Waals surface area contributed by atoms with E-state index >= 15 is 0 Å². The molecular formula is C16H22N4O3. The van der Waals surface area contributed by atoms with Gasteiger partial charge in [-0.15, -0.1) is 0 Å². The van der Waals surface area contributed by atoms with E-state index in [0.717, 1.165) is 16.8 Å². The molecule has 1 aliphatic rings. The number of H-pyrrole nitrogens is 1. The Balaban J connectivity index is 1.98. The Morgan fingerprint density at radius 2 is 2.17 bits per heavy atom. The highest BCUT2D eigenvalue weighted by Crippen LogP contribution is 2.21. The van der Waals surface area contributed by atoms with Gasteiger partial charge < -0.3 is 9.64 Å². The number of ether oxygens (including phenoxy) is 1. The third kappa shape index (κ3) is 2.65. The van der Waals surface area contributed by atoms with Crippen molar-refractivity contribution in [3.05, 3.63) is 27.2 Å². The predicted octanol–water partition coefficient (Wildman–Crippen LogP) is 0.668. The molecule has 3 heterocycles. The van der Waals surface area contributed by atoms with Gasteiger partial charge in [0.2, 0.25) is 5.91 Å². The minimum atomic E-state index is -0.166. The zero-order chi connectivity index (χ0) is 16.7. The van der Waals surface area contributed by atoms with E-state index in [1.54, 1.807) is 11.7 Å². The first-order chi connectivity index (χ1) is 10.9. The Morgan fingerprint density at radius 3 is 2.87 bits per heavy atom. The maximum absolute atomic E-state index is 12.7. The third-order valence-electron chi connectivity index (χ3n) is 4.59. The van der Waals surface area contributed by atoms with Gasteiger partial charge in [0.05, 0.1) is 31.1 Å². The number of nitrogens with zero attached hydrogens (tertiary/aromatic N) is 3. The normalized spacial score (nSPS) is 18.6. The number of fused-ring (bicyclic) bond motifs is 1. The van der Waals surface area contributed by atoms with Crippen molar-refractivity contribution in [1.82, 2.24) is 19.7 Å². The Kier molecular flexibility index (Phi) is 3.97. The predicted molar refractivity (Wildman–Crippen MR) is 86.5 cm³/mol. The Hall–Kier alpha value is -2.15. The second-order valence-corrected chi connectivity index (χ2v) is 6.19. The van der Waals surface area contributed by atoms with Crippen molar-refractivity contribution in [3.63, 3.8) is 0 Å². The second kappa shape index (κ2) is 5.81. The van der Waals surface area contributed by atoms with Crippen LogP contribution in [0.5, 0.6) is 0 Å². The van der Waals surface area contributed by atoms with Gasteiger partial charge in [-0.1, -0.05) is 0 Å². The van der Waals surface area contributed by atoms with Crippen LogP contribution in [0.3, 0.4) is 0 Å². The van der Waals surface area contributed by atoms with Crippen molar-refractivity contribution >= 4 is 16.9 Å². The summed E-state index contributed by atoms with van der Waals surface area (Å²) in [5.74, 6) is 0.0560. The van der Waals surface area contributed by atoms with Crippen LogP contribution in [0.4, 0.5) is 0 Å². The summed E-state index contributed by atoms with van der Waals surface area (Å²) in [6, 6.07) is 0.0775. The van der Waals surface area contributed by atoms with Gasteiger partial charge in [0, 0.05) is 19.3 Å². The van der Waals surface area contributed by atoms with Crippen molar-refractivity contribution in [1.29, 1.82) is 0 Å². The van der Waals surface area contributed by atoms with E-state index in [2.05, 4.69) is 10.1 Å². The lowest BCUT2D eigenvalue weighted by atomic mass is 10.0. The number of amides is 1. The summed E-state index contributed by atoms with van der Waals surface area (Å²) in [6.45, 7) is 7.51. The minimum absolute atomic E-state index is 0.0560. The van der Waals surface area contributed by atoms with Crippen LogP contribution in [0, 0.1) is 13.8 Å². The summed E-state index contributed by atoms with van der Waals surface area (Å²) in [7, 11) is 1.76. The molecule has 23 heavy (non-hydrogen) atoms. The molecule has 2 aromatic heterocycles. The quantitative estimate of drug-likeness (QED) is 0.882. The van der Waals surface area contributed by atoms with Gasteiger partial charge in [0.1, 0.15) is 0 Å². The molecule has 3 rings (SSSR count). The van der Waals surface area contributed by atoms with E-state index in [-0.39, 0.29) is 23.9 Å². The monoisotopic (exact) mass is 318 g/mol. The third-order valence-corrected chi connectivity index (χ3v) is 4.59. The Morgan fingerprint density at radius 1 is 1.43 bits per heavy atom. The number of morpholine rings is 1. The van der Waals surface area contributed by atoms with E-state index in [0.29, 0.717) is 30.8 Å². The Bertz CT molecular complexity index is 821. The molecule has 1 atom stereocenters. The van der Waals surface area contributed by atoms with Gasteiger partial charge in [-0.25, -0.2) is 4.98 Å². The molecule has 0 aliphatic carbocycles. The molecule has 7 nitrogen and oxygen atoms in total. The number of hydrogen-bond donors (Lipinski definition) is 1. The molecule has 0 bridgehead atoms. The standard InChI is InChI=1S/C16H22N4O3/c1-9-8-23-6-5-20(9)13(21)7-12-10(2)14-15(17-11(12)3)19(4)18-16(14)22/h9H,5-8H2,1-4H3,(H,18,22). The fraction of sp³-hybridized carbons (Fsp3) is 0.562. The first kappa shape index (κ1) is 15.7. The van der Waals surface area contributed by atoms with Crippen LogP contribution in [-0.4, -0.2) is 51.4 Å². The topological polar surface area (TPSA) is 80.2 Å². The van der Waals surface area contributed by atoms with E-state index in [9.17, 15) is 9.59 Å². The van der Waals surface area contributed by atoms with Crippen LogP contribution in [0.25, 0.3) is 11.0 Å². The van der Waals surface area contributed by atoms with E-state index in [1.165, 1.54) is 0 Å². The van der Waals surface area contributed by atoms with Crippen LogP contribution >= 0.6 is 0 Å². The molecule has 0 spiro atoms. The van der Waals surface area contributed by atoms with Gasteiger partial charge >= 0.3 is 0 Å². The number of carbonyl (C=O) groups excluding carboxylic acids is 1. The summed E-state index contributed by atoms with van der Waals surface area (Å²) >= 11 is 0. The number of hydrogen-bond acceptors (Lipinski definition) is 4. The maximum atomic E-state index is 12.7. The molecular weight excluding hydrogens is 296 g/mol. The SMILES string of the molecule is Cc1nc2c(c(C)c1CC(=O)N1CCOCC1C)c(=O)[nH]n2C. The van der Waals surface area contributed by atoms with Crippen molar-refractivity contribution in [3.8, 4) is 0 Å². The van der Waals surface area contributed by atoms with Crippen molar-refractivity contribution < 1.29 is 9.53 Å². The fourth-order valence-electron chi connectivity index (χ4n) is 3.26. The largest absolute Gasteiger partial charge is 0.377 e. The van der Waals surface area contributed by atoms with E-state index in [4.69, 9.17) is 4.74 Å². The molecule has 1 fully saturated rings.